The highest BCUT2D eigenvalue weighted by Crippen LogP contribution is 2.26. The van der Waals surface area contributed by atoms with Gasteiger partial charge in [-0.15, -0.1) is 0 Å². The highest BCUT2D eigenvalue weighted by molar-refractivity contribution is 6.30. The average Bonchev–Trinajstić information content (AvgIpc) is 2.85. The summed E-state index contributed by atoms with van der Waals surface area (Å²) in [6, 6.07) is 23.4. The lowest BCUT2D eigenvalue weighted by molar-refractivity contribution is 0.0950. The van der Waals surface area contributed by atoms with Gasteiger partial charge in [0, 0.05) is 48.0 Å². The first-order chi connectivity index (χ1) is 15.7. The molecular weight excluding hydrogens is 420 g/mol. The second kappa shape index (κ2) is 10.6. The third-order valence-corrected chi connectivity index (χ3v) is 5.30. The van der Waals surface area contributed by atoms with Crippen LogP contribution in [-0.4, -0.2) is 22.4 Å². The molecule has 32 heavy (non-hydrogen) atoms. The number of para-hydroxylation sites is 1. The Kier molecular flexibility index (Phi) is 7.10. The number of pyridine rings is 2. The fourth-order valence-electron chi connectivity index (χ4n) is 3.33. The number of benzene rings is 2. The minimum absolute atomic E-state index is 0.165. The van der Waals surface area contributed by atoms with Crippen molar-refractivity contribution in [2.24, 2.45) is 0 Å². The van der Waals surface area contributed by atoms with E-state index in [0.717, 1.165) is 40.5 Å². The molecule has 0 aliphatic carbocycles. The van der Waals surface area contributed by atoms with Gasteiger partial charge in [0.25, 0.3) is 5.91 Å². The first-order valence-electron chi connectivity index (χ1n) is 10.4. The molecule has 0 fully saturated rings. The largest absolute Gasteiger partial charge is 0.384 e. The molecule has 0 atom stereocenters. The summed E-state index contributed by atoms with van der Waals surface area (Å²) in [7, 11) is 0. The van der Waals surface area contributed by atoms with E-state index in [4.69, 9.17) is 11.6 Å². The summed E-state index contributed by atoms with van der Waals surface area (Å²) in [6.45, 7) is 1.21. The number of carbonyl (C=O) groups excluding carboxylic acids is 1. The minimum atomic E-state index is -0.165. The Labute approximate surface area is 192 Å². The van der Waals surface area contributed by atoms with Crippen LogP contribution in [0.5, 0.6) is 0 Å². The maximum absolute atomic E-state index is 12.4. The van der Waals surface area contributed by atoms with Gasteiger partial charge in [-0.05, 0) is 53.9 Å². The number of halogens is 1. The van der Waals surface area contributed by atoms with Crippen LogP contribution in [0.25, 0.3) is 11.3 Å². The number of hydrogen-bond acceptors (Lipinski definition) is 4. The smallest absolute Gasteiger partial charge is 0.253 e. The molecule has 2 N–H and O–H groups in total. The minimum Gasteiger partial charge on any atom is -0.384 e. The second-order valence-corrected chi connectivity index (χ2v) is 7.76. The molecule has 2 aromatic carbocycles. The van der Waals surface area contributed by atoms with Crippen molar-refractivity contribution in [3.05, 3.63) is 113 Å². The third-order valence-electron chi connectivity index (χ3n) is 5.05. The van der Waals surface area contributed by atoms with Crippen molar-refractivity contribution in [2.75, 3.05) is 11.9 Å². The van der Waals surface area contributed by atoms with Crippen LogP contribution >= 0.6 is 11.6 Å². The number of nitrogens with zero attached hydrogens (tertiary/aromatic N) is 2. The van der Waals surface area contributed by atoms with Gasteiger partial charge >= 0.3 is 0 Å². The molecule has 0 aliphatic rings. The highest BCUT2D eigenvalue weighted by atomic mass is 35.5. The fourth-order valence-corrected chi connectivity index (χ4v) is 3.45. The molecule has 5 nitrogen and oxygen atoms in total. The van der Waals surface area contributed by atoms with Gasteiger partial charge in [-0.1, -0.05) is 48.0 Å². The number of nitrogens with one attached hydrogen (secondary N) is 2. The first kappa shape index (κ1) is 21.5. The van der Waals surface area contributed by atoms with Crippen LogP contribution in [0, 0.1) is 0 Å². The van der Waals surface area contributed by atoms with Gasteiger partial charge in [-0.3, -0.25) is 14.8 Å². The number of hydrogen-bond donors (Lipinski definition) is 2. The molecule has 0 saturated heterocycles. The molecular formula is C26H23ClN4O. The van der Waals surface area contributed by atoms with E-state index in [-0.39, 0.29) is 5.91 Å². The summed E-state index contributed by atoms with van der Waals surface area (Å²) >= 11 is 5.96. The van der Waals surface area contributed by atoms with Crippen LogP contribution in [0.1, 0.15) is 21.5 Å². The lowest BCUT2D eigenvalue weighted by atomic mass is 10.1. The topological polar surface area (TPSA) is 66.9 Å². The summed E-state index contributed by atoms with van der Waals surface area (Å²) in [4.78, 5) is 21.0. The van der Waals surface area contributed by atoms with Crippen LogP contribution in [0.4, 0.5) is 5.69 Å². The third kappa shape index (κ3) is 5.71. The van der Waals surface area contributed by atoms with Gasteiger partial charge in [-0.2, -0.15) is 0 Å². The molecule has 2 heterocycles. The van der Waals surface area contributed by atoms with Crippen molar-refractivity contribution >= 4 is 23.2 Å². The van der Waals surface area contributed by atoms with Crippen molar-refractivity contribution < 1.29 is 4.79 Å². The fraction of sp³-hybridized carbons (Fsp3) is 0.115. The molecule has 0 aliphatic heterocycles. The average molecular weight is 443 g/mol. The molecule has 6 heteroatoms. The molecule has 2 aromatic heterocycles. The first-order valence-corrected chi connectivity index (χ1v) is 10.8. The number of carbonyl (C=O) groups is 1. The predicted molar refractivity (Wildman–Crippen MR) is 129 cm³/mol. The predicted octanol–water partition coefficient (Wildman–Crippen LogP) is 5.38. The Morgan fingerprint density at radius 2 is 1.72 bits per heavy atom. The van der Waals surface area contributed by atoms with Gasteiger partial charge in [0.15, 0.2) is 0 Å². The number of anilines is 1. The summed E-state index contributed by atoms with van der Waals surface area (Å²) < 4.78 is 0. The Morgan fingerprint density at radius 3 is 2.47 bits per heavy atom. The Bertz CT molecular complexity index is 1160. The Balaban J connectivity index is 1.39. The molecule has 0 bridgehead atoms. The molecule has 1 amide bonds. The monoisotopic (exact) mass is 442 g/mol. The Morgan fingerprint density at radius 1 is 0.875 bits per heavy atom. The van der Waals surface area contributed by atoms with Gasteiger partial charge in [-0.25, -0.2) is 0 Å². The van der Waals surface area contributed by atoms with Gasteiger partial charge in [0.1, 0.15) is 0 Å². The summed E-state index contributed by atoms with van der Waals surface area (Å²) in [5.41, 5.74) is 5.49. The van der Waals surface area contributed by atoms with E-state index in [1.54, 1.807) is 24.7 Å². The van der Waals surface area contributed by atoms with Crippen LogP contribution in [0.3, 0.4) is 0 Å². The zero-order valence-corrected chi connectivity index (χ0v) is 18.2. The van der Waals surface area contributed by atoms with E-state index in [0.29, 0.717) is 12.1 Å². The molecule has 0 unspecified atom stereocenters. The summed E-state index contributed by atoms with van der Waals surface area (Å²) in [5.74, 6) is -0.165. The van der Waals surface area contributed by atoms with Gasteiger partial charge in [0.05, 0.1) is 11.3 Å². The SMILES string of the molecule is O=C(NCc1cccnc1)c1ccc(-c2ccccc2NCCc2ccc(Cl)cc2)nc1. The quantitative estimate of drug-likeness (QED) is 0.384. The van der Waals surface area contributed by atoms with Crippen molar-refractivity contribution in [2.45, 2.75) is 13.0 Å². The highest BCUT2D eigenvalue weighted by Gasteiger charge is 2.09. The lowest BCUT2D eigenvalue weighted by Crippen LogP contribution is -2.22. The summed E-state index contributed by atoms with van der Waals surface area (Å²) in [6.07, 6.45) is 5.93. The maximum atomic E-state index is 12.4. The Hall–Kier alpha value is -3.70. The van der Waals surface area contributed by atoms with Crippen molar-refractivity contribution in [1.29, 1.82) is 0 Å². The number of rotatable bonds is 8. The molecule has 160 valence electrons. The van der Waals surface area contributed by atoms with E-state index >= 15 is 0 Å². The van der Waals surface area contributed by atoms with Gasteiger partial charge in [0.2, 0.25) is 0 Å². The molecule has 4 rings (SSSR count). The van der Waals surface area contributed by atoms with Crippen molar-refractivity contribution in [3.8, 4) is 11.3 Å². The van der Waals surface area contributed by atoms with Crippen molar-refractivity contribution in [3.63, 3.8) is 0 Å². The van der Waals surface area contributed by atoms with Crippen molar-refractivity contribution in [1.82, 2.24) is 15.3 Å². The van der Waals surface area contributed by atoms with Crippen LogP contribution in [0.15, 0.2) is 91.4 Å². The second-order valence-electron chi connectivity index (χ2n) is 7.32. The standard InChI is InChI=1S/C26H23ClN4O/c27-22-10-7-19(8-11-22)13-15-29-24-6-2-1-5-23(24)25-12-9-21(18-30-25)26(32)31-17-20-4-3-14-28-16-20/h1-12,14,16,18,29H,13,15,17H2,(H,31,32). The molecule has 0 radical (unpaired) electrons. The van der Waals surface area contributed by atoms with E-state index in [2.05, 4.69) is 20.6 Å². The number of amides is 1. The zero-order chi connectivity index (χ0) is 22.2. The number of aromatic nitrogens is 2. The zero-order valence-electron chi connectivity index (χ0n) is 17.5. The molecule has 0 saturated carbocycles. The normalized spacial score (nSPS) is 10.5. The van der Waals surface area contributed by atoms with E-state index in [9.17, 15) is 4.79 Å². The molecule has 4 aromatic rings. The summed E-state index contributed by atoms with van der Waals surface area (Å²) in [5, 5.41) is 7.13. The maximum Gasteiger partial charge on any atom is 0.253 e. The van der Waals surface area contributed by atoms with E-state index in [1.807, 2.05) is 66.7 Å². The van der Waals surface area contributed by atoms with E-state index < -0.39 is 0 Å². The van der Waals surface area contributed by atoms with Crippen LogP contribution < -0.4 is 10.6 Å². The van der Waals surface area contributed by atoms with E-state index in [1.165, 1.54) is 5.56 Å². The van der Waals surface area contributed by atoms with Crippen LogP contribution in [-0.2, 0) is 13.0 Å². The van der Waals surface area contributed by atoms with Crippen LogP contribution in [0.2, 0.25) is 5.02 Å². The lowest BCUT2D eigenvalue weighted by Gasteiger charge is -2.12. The molecule has 0 spiro atoms. The van der Waals surface area contributed by atoms with Gasteiger partial charge < -0.3 is 10.6 Å².